The summed E-state index contributed by atoms with van der Waals surface area (Å²) in [7, 11) is 0. The van der Waals surface area contributed by atoms with E-state index in [2.05, 4.69) is 55.3 Å². The zero-order chi connectivity index (χ0) is 15.2. The molecule has 1 saturated heterocycles. The van der Waals surface area contributed by atoms with Crippen LogP contribution in [-0.4, -0.2) is 43.2 Å². The molecule has 2 rings (SSSR count). The van der Waals surface area contributed by atoms with Crippen molar-refractivity contribution >= 4 is 11.7 Å². The fourth-order valence-corrected chi connectivity index (χ4v) is 2.75. The Bertz CT molecular complexity index is 458. The standard InChI is InChI=1S/C17H27N3O/c1-4-5-10-18-17(21)19-11-12-20(15(3)13-19)16-8-6-14(2)7-9-16/h6-9,15H,4-5,10-13H2,1-3H3,(H,18,21)/t15-/m0/s1. The van der Waals surface area contributed by atoms with Crippen LogP contribution in [-0.2, 0) is 0 Å². The number of anilines is 1. The molecule has 1 aliphatic rings. The van der Waals surface area contributed by atoms with Gasteiger partial charge in [0.25, 0.3) is 0 Å². The van der Waals surface area contributed by atoms with Crippen molar-refractivity contribution in [1.29, 1.82) is 0 Å². The number of nitrogens with zero attached hydrogens (tertiary/aromatic N) is 2. The molecule has 1 heterocycles. The first-order chi connectivity index (χ1) is 10.1. The van der Waals surface area contributed by atoms with E-state index in [1.54, 1.807) is 0 Å². The Morgan fingerprint density at radius 3 is 2.62 bits per heavy atom. The summed E-state index contributed by atoms with van der Waals surface area (Å²) in [4.78, 5) is 16.4. The highest BCUT2D eigenvalue weighted by Gasteiger charge is 2.26. The number of hydrogen-bond acceptors (Lipinski definition) is 2. The van der Waals surface area contributed by atoms with Gasteiger partial charge in [0.05, 0.1) is 0 Å². The van der Waals surface area contributed by atoms with Gasteiger partial charge in [-0.2, -0.15) is 0 Å². The Morgan fingerprint density at radius 1 is 1.29 bits per heavy atom. The van der Waals surface area contributed by atoms with Crippen molar-refractivity contribution in [1.82, 2.24) is 10.2 Å². The van der Waals surface area contributed by atoms with E-state index in [-0.39, 0.29) is 6.03 Å². The lowest BCUT2D eigenvalue weighted by Gasteiger charge is -2.41. The number of aryl methyl sites for hydroxylation is 1. The number of nitrogens with one attached hydrogen (secondary N) is 1. The molecule has 1 aromatic rings. The van der Waals surface area contributed by atoms with Crippen molar-refractivity contribution in [3.8, 4) is 0 Å². The fourth-order valence-electron chi connectivity index (χ4n) is 2.75. The Balaban J connectivity index is 1.89. The van der Waals surface area contributed by atoms with Crippen molar-refractivity contribution < 1.29 is 4.79 Å². The minimum atomic E-state index is 0.0823. The zero-order valence-electron chi connectivity index (χ0n) is 13.4. The van der Waals surface area contributed by atoms with E-state index in [4.69, 9.17) is 0 Å². The van der Waals surface area contributed by atoms with E-state index in [1.165, 1.54) is 11.3 Å². The molecule has 4 heteroatoms. The number of benzene rings is 1. The molecule has 0 radical (unpaired) electrons. The molecule has 2 amide bonds. The van der Waals surface area contributed by atoms with Crippen LogP contribution in [0.3, 0.4) is 0 Å². The number of rotatable bonds is 4. The van der Waals surface area contributed by atoms with Gasteiger partial charge in [0.15, 0.2) is 0 Å². The first-order valence-electron chi connectivity index (χ1n) is 7.98. The third-order valence-corrected chi connectivity index (χ3v) is 4.09. The smallest absolute Gasteiger partial charge is 0.317 e. The van der Waals surface area contributed by atoms with E-state index in [0.29, 0.717) is 6.04 Å². The third kappa shape index (κ3) is 4.13. The van der Waals surface area contributed by atoms with Gasteiger partial charge < -0.3 is 15.1 Å². The Hall–Kier alpha value is -1.71. The number of carbonyl (C=O) groups is 1. The molecule has 0 aromatic heterocycles. The maximum Gasteiger partial charge on any atom is 0.317 e. The van der Waals surface area contributed by atoms with Crippen molar-refractivity contribution in [3.63, 3.8) is 0 Å². The predicted octanol–water partition coefficient (Wildman–Crippen LogP) is 3.02. The molecular weight excluding hydrogens is 262 g/mol. The minimum Gasteiger partial charge on any atom is -0.365 e. The quantitative estimate of drug-likeness (QED) is 0.865. The maximum absolute atomic E-state index is 12.1. The number of amides is 2. The molecule has 0 spiro atoms. The van der Waals surface area contributed by atoms with Crippen LogP contribution in [0.5, 0.6) is 0 Å². The molecule has 1 atom stereocenters. The van der Waals surface area contributed by atoms with Crippen LogP contribution < -0.4 is 10.2 Å². The van der Waals surface area contributed by atoms with E-state index >= 15 is 0 Å². The average molecular weight is 289 g/mol. The van der Waals surface area contributed by atoms with Gasteiger partial charge in [-0.25, -0.2) is 4.79 Å². The molecule has 0 bridgehead atoms. The van der Waals surface area contributed by atoms with Crippen molar-refractivity contribution in [2.75, 3.05) is 31.1 Å². The van der Waals surface area contributed by atoms with E-state index in [1.807, 2.05) is 4.90 Å². The second-order valence-corrected chi connectivity index (χ2v) is 5.91. The normalized spacial score (nSPS) is 18.7. The van der Waals surface area contributed by atoms with Crippen LogP contribution in [0.25, 0.3) is 0 Å². The summed E-state index contributed by atoms with van der Waals surface area (Å²) in [6, 6.07) is 9.06. The van der Waals surface area contributed by atoms with Gasteiger partial charge >= 0.3 is 6.03 Å². The van der Waals surface area contributed by atoms with E-state index in [0.717, 1.165) is 39.0 Å². The number of unbranched alkanes of at least 4 members (excludes halogenated alkanes) is 1. The lowest BCUT2D eigenvalue weighted by Crippen LogP contribution is -2.56. The Kier molecular flexibility index (Phi) is 5.48. The molecular formula is C17H27N3O. The van der Waals surface area contributed by atoms with Gasteiger partial charge in [0.1, 0.15) is 0 Å². The molecule has 4 nitrogen and oxygen atoms in total. The molecule has 21 heavy (non-hydrogen) atoms. The highest BCUT2D eigenvalue weighted by Crippen LogP contribution is 2.21. The van der Waals surface area contributed by atoms with Crippen LogP contribution in [0.4, 0.5) is 10.5 Å². The van der Waals surface area contributed by atoms with Crippen LogP contribution in [0.1, 0.15) is 32.3 Å². The molecule has 1 fully saturated rings. The van der Waals surface area contributed by atoms with Crippen molar-refractivity contribution in [2.24, 2.45) is 0 Å². The fraction of sp³-hybridized carbons (Fsp3) is 0.588. The molecule has 0 unspecified atom stereocenters. The molecule has 1 aromatic carbocycles. The minimum absolute atomic E-state index is 0.0823. The van der Waals surface area contributed by atoms with Gasteiger partial charge in [-0.1, -0.05) is 31.0 Å². The molecule has 1 N–H and O–H groups in total. The van der Waals surface area contributed by atoms with Gasteiger partial charge in [0.2, 0.25) is 0 Å². The van der Waals surface area contributed by atoms with Gasteiger partial charge in [-0.05, 0) is 32.4 Å². The first kappa shape index (κ1) is 15.7. The lowest BCUT2D eigenvalue weighted by atomic mass is 10.1. The van der Waals surface area contributed by atoms with Crippen LogP contribution >= 0.6 is 0 Å². The molecule has 0 aliphatic carbocycles. The second kappa shape index (κ2) is 7.34. The van der Waals surface area contributed by atoms with E-state index in [9.17, 15) is 4.79 Å². The molecule has 0 saturated carbocycles. The van der Waals surface area contributed by atoms with Gasteiger partial charge in [0, 0.05) is 37.9 Å². The largest absolute Gasteiger partial charge is 0.365 e. The number of piperazine rings is 1. The van der Waals surface area contributed by atoms with Crippen molar-refractivity contribution in [2.45, 2.75) is 39.7 Å². The maximum atomic E-state index is 12.1. The lowest BCUT2D eigenvalue weighted by molar-refractivity contribution is 0.186. The van der Waals surface area contributed by atoms with Crippen molar-refractivity contribution in [3.05, 3.63) is 29.8 Å². The number of carbonyl (C=O) groups excluding carboxylic acids is 1. The Labute approximate surface area is 128 Å². The SMILES string of the molecule is CCCCNC(=O)N1CCN(c2ccc(C)cc2)[C@@H](C)C1. The van der Waals surface area contributed by atoms with E-state index < -0.39 is 0 Å². The summed E-state index contributed by atoms with van der Waals surface area (Å²) >= 11 is 0. The topological polar surface area (TPSA) is 35.6 Å². The summed E-state index contributed by atoms with van der Waals surface area (Å²) in [5.74, 6) is 0. The summed E-state index contributed by atoms with van der Waals surface area (Å²) < 4.78 is 0. The number of urea groups is 1. The summed E-state index contributed by atoms with van der Waals surface area (Å²) in [6.07, 6.45) is 2.16. The second-order valence-electron chi connectivity index (χ2n) is 5.91. The van der Waals surface area contributed by atoms with Crippen LogP contribution in [0.2, 0.25) is 0 Å². The van der Waals surface area contributed by atoms with Gasteiger partial charge in [-0.3, -0.25) is 0 Å². The molecule has 1 aliphatic heterocycles. The van der Waals surface area contributed by atoms with Gasteiger partial charge in [-0.15, -0.1) is 0 Å². The highest BCUT2D eigenvalue weighted by molar-refractivity contribution is 5.74. The van der Waals surface area contributed by atoms with Crippen LogP contribution in [0.15, 0.2) is 24.3 Å². The summed E-state index contributed by atoms with van der Waals surface area (Å²) in [6.45, 7) is 9.67. The monoisotopic (exact) mass is 289 g/mol. The third-order valence-electron chi connectivity index (χ3n) is 4.09. The highest BCUT2D eigenvalue weighted by atomic mass is 16.2. The zero-order valence-corrected chi connectivity index (χ0v) is 13.4. The first-order valence-corrected chi connectivity index (χ1v) is 7.98. The summed E-state index contributed by atoms with van der Waals surface area (Å²) in [5, 5.41) is 3.00. The predicted molar refractivity (Wildman–Crippen MR) is 87.9 cm³/mol. The van der Waals surface area contributed by atoms with Crippen LogP contribution in [0, 0.1) is 6.92 Å². The summed E-state index contributed by atoms with van der Waals surface area (Å²) in [5.41, 5.74) is 2.53. The average Bonchev–Trinajstić information content (AvgIpc) is 2.48. The molecule has 116 valence electrons. The Morgan fingerprint density at radius 2 is 2.00 bits per heavy atom. The number of hydrogen-bond donors (Lipinski definition) is 1.